The van der Waals surface area contributed by atoms with Crippen molar-refractivity contribution >= 4 is 34.7 Å². The highest BCUT2D eigenvalue weighted by molar-refractivity contribution is 6.30. The lowest BCUT2D eigenvalue weighted by atomic mass is 9.90. The average Bonchev–Trinajstić information content (AvgIpc) is 2.74. The van der Waals surface area contributed by atoms with Gasteiger partial charge in [0.05, 0.1) is 5.69 Å². The van der Waals surface area contributed by atoms with Crippen LogP contribution in [0.2, 0.25) is 5.02 Å². The number of nitrogen functional groups attached to an aromatic ring is 1. The summed E-state index contributed by atoms with van der Waals surface area (Å²) in [6.45, 7) is 0. The molecule has 1 aromatic heterocycles. The zero-order valence-corrected chi connectivity index (χ0v) is 16.6. The summed E-state index contributed by atoms with van der Waals surface area (Å²) in [5.74, 6) is -0.523. The van der Waals surface area contributed by atoms with E-state index >= 15 is 0 Å². The molecule has 0 fully saturated rings. The molecule has 0 saturated carbocycles. The molecule has 3 aromatic rings. The summed E-state index contributed by atoms with van der Waals surface area (Å²) in [6, 6.07) is 14.2. The molecule has 0 aliphatic heterocycles. The Hall–Kier alpha value is -3.51. The van der Waals surface area contributed by atoms with Crippen LogP contribution in [0.15, 0.2) is 78.8 Å². The molecule has 1 atom stereocenters. The van der Waals surface area contributed by atoms with Crippen LogP contribution in [-0.2, 0) is 0 Å². The predicted octanol–water partition coefficient (Wildman–Crippen LogP) is 5.74. The van der Waals surface area contributed by atoms with Crippen LogP contribution in [0, 0.1) is 5.92 Å². The van der Waals surface area contributed by atoms with E-state index in [9.17, 15) is 9.18 Å². The summed E-state index contributed by atoms with van der Waals surface area (Å²) in [4.78, 5) is 21.7. The molecule has 0 radical (unpaired) electrons. The third kappa shape index (κ3) is 4.39. The van der Waals surface area contributed by atoms with Crippen LogP contribution in [0.3, 0.4) is 0 Å². The quantitative estimate of drug-likeness (QED) is 0.406. The van der Waals surface area contributed by atoms with Crippen molar-refractivity contribution in [3.63, 3.8) is 0 Å². The summed E-state index contributed by atoms with van der Waals surface area (Å²) < 4.78 is 13.2. The van der Waals surface area contributed by atoms with Gasteiger partial charge in [-0.1, -0.05) is 29.8 Å². The van der Waals surface area contributed by atoms with Crippen molar-refractivity contribution < 1.29 is 9.18 Å². The smallest absolute Gasteiger partial charge is 0.227 e. The van der Waals surface area contributed by atoms with E-state index in [0.717, 1.165) is 11.3 Å². The molecule has 3 N–H and O–H groups in total. The first kappa shape index (κ1) is 19.8. The molecule has 30 heavy (non-hydrogen) atoms. The molecule has 1 heterocycles. The molecule has 1 unspecified atom stereocenters. The molecule has 0 amide bonds. The minimum atomic E-state index is -0.437. The number of allylic oxidation sites excluding steroid dienone is 4. The second kappa shape index (κ2) is 8.47. The standard InChI is InChI=1S/C23H18ClFN4O/c24-16-2-1-3-18(13-16)28-23-27-11-10-21(29-23)15-6-9-20(26)19(12-15)22(30)14-4-7-17(25)8-5-14/h1-4,6-14H,5,26H2,(H,27,28,29). The van der Waals surface area contributed by atoms with Gasteiger partial charge in [0.2, 0.25) is 5.95 Å². The molecule has 5 nitrogen and oxygen atoms in total. The van der Waals surface area contributed by atoms with E-state index in [0.29, 0.717) is 34.3 Å². The van der Waals surface area contributed by atoms with Gasteiger partial charge in [-0.2, -0.15) is 0 Å². The number of ketones is 1. The molecule has 0 spiro atoms. The van der Waals surface area contributed by atoms with Crippen LogP contribution in [-0.4, -0.2) is 15.8 Å². The van der Waals surface area contributed by atoms with Gasteiger partial charge in [0.25, 0.3) is 0 Å². The number of benzene rings is 2. The van der Waals surface area contributed by atoms with Gasteiger partial charge in [-0.3, -0.25) is 4.79 Å². The Morgan fingerprint density at radius 3 is 2.83 bits per heavy atom. The molecule has 4 rings (SSSR count). The lowest BCUT2D eigenvalue weighted by Crippen LogP contribution is -2.15. The van der Waals surface area contributed by atoms with Crippen LogP contribution in [0.25, 0.3) is 11.3 Å². The van der Waals surface area contributed by atoms with Crippen molar-refractivity contribution in [3.05, 3.63) is 89.4 Å². The third-order valence-corrected chi connectivity index (χ3v) is 4.98. The number of carbonyl (C=O) groups is 1. The first-order chi connectivity index (χ1) is 14.5. The highest BCUT2D eigenvalue weighted by Gasteiger charge is 2.21. The maximum Gasteiger partial charge on any atom is 0.227 e. The van der Waals surface area contributed by atoms with E-state index in [-0.39, 0.29) is 11.6 Å². The van der Waals surface area contributed by atoms with E-state index in [1.54, 1.807) is 48.7 Å². The minimum absolute atomic E-state index is 0.152. The van der Waals surface area contributed by atoms with Crippen molar-refractivity contribution in [1.82, 2.24) is 9.97 Å². The number of nitrogens with one attached hydrogen (secondary N) is 1. The van der Waals surface area contributed by atoms with Crippen LogP contribution in [0.5, 0.6) is 0 Å². The van der Waals surface area contributed by atoms with Gasteiger partial charge < -0.3 is 11.1 Å². The zero-order chi connectivity index (χ0) is 21.1. The van der Waals surface area contributed by atoms with Gasteiger partial charge >= 0.3 is 0 Å². The summed E-state index contributed by atoms with van der Waals surface area (Å²) in [7, 11) is 0. The highest BCUT2D eigenvalue weighted by atomic mass is 35.5. The zero-order valence-electron chi connectivity index (χ0n) is 15.8. The number of halogens is 2. The second-order valence-electron chi connectivity index (χ2n) is 6.86. The topological polar surface area (TPSA) is 80.9 Å². The van der Waals surface area contributed by atoms with Gasteiger partial charge in [-0.25, -0.2) is 14.4 Å². The molecule has 2 aromatic carbocycles. The molecular formula is C23H18ClFN4O. The van der Waals surface area contributed by atoms with Crippen molar-refractivity contribution in [1.29, 1.82) is 0 Å². The Labute approximate surface area is 178 Å². The van der Waals surface area contributed by atoms with Crippen molar-refractivity contribution in [2.75, 3.05) is 11.1 Å². The fourth-order valence-corrected chi connectivity index (χ4v) is 3.38. The number of carbonyl (C=O) groups excluding carboxylic acids is 1. The maximum atomic E-state index is 13.2. The van der Waals surface area contributed by atoms with Gasteiger partial charge in [-0.15, -0.1) is 0 Å². The summed E-state index contributed by atoms with van der Waals surface area (Å²) >= 11 is 6.02. The van der Waals surface area contributed by atoms with Crippen LogP contribution in [0.4, 0.5) is 21.7 Å². The first-order valence-corrected chi connectivity index (χ1v) is 9.71. The Morgan fingerprint density at radius 1 is 1.20 bits per heavy atom. The predicted molar refractivity (Wildman–Crippen MR) is 117 cm³/mol. The van der Waals surface area contributed by atoms with Crippen molar-refractivity contribution in [2.45, 2.75) is 6.42 Å². The Bertz CT molecular complexity index is 1180. The van der Waals surface area contributed by atoms with Crippen LogP contribution in [0.1, 0.15) is 16.8 Å². The van der Waals surface area contributed by atoms with E-state index in [2.05, 4.69) is 15.3 Å². The summed E-state index contributed by atoms with van der Waals surface area (Å²) in [5, 5.41) is 3.71. The maximum absolute atomic E-state index is 13.2. The summed E-state index contributed by atoms with van der Waals surface area (Å²) in [6.07, 6.45) is 6.23. The second-order valence-corrected chi connectivity index (χ2v) is 7.29. The van der Waals surface area contributed by atoms with Crippen LogP contribution < -0.4 is 11.1 Å². The lowest BCUT2D eigenvalue weighted by Gasteiger charge is -2.15. The molecule has 150 valence electrons. The Balaban J connectivity index is 1.61. The van der Waals surface area contributed by atoms with Crippen molar-refractivity contribution in [2.24, 2.45) is 5.92 Å². The van der Waals surface area contributed by atoms with Crippen LogP contribution >= 0.6 is 11.6 Å². The van der Waals surface area contributed by atoms with Crippen molar-refractivity contribution in [3.8, 4) is 11.3 Å². The number of hydrogen-bond donors (Lipinski definition) is 2. The molecule has 7 heteroatoms. The number of nitrogens with zero attached hydrogens (tertiary/aromatic N) is 2. The molecule has 1 aliphatic carbocycles. The first-order valence-electron chi connectivity index (χ1n) is 9.33. The van der Waals surface area contributed by atoms with E-state index in [1.165, 1.54) is 12.2 Å². The number of hydrogen-bond acceptors (Lipinski definition) is 5. The number of Topliss-reactive ketones (excluding diaryl/α,β-unsaturated/α-hetero) is 1. The lowest BCUT2D eigenvalue weighted by molar-refractivity contribution is 0.0946. The van der Waals surface area contributed by atoms with Gasteiger partial charge in [-0.05, 0) is 55.0 Å². The Kier molecular flexibility index (Phi) is 5.59. The monoisotopic (exact) mass is 420 g/mol. The number of nitrogens with two attached hydrogens (primary N) is 1. The fraction of sp³-hybridized carbons (Fsp3) is 0.0870. The van der Waals surface area contributed by atoms with Gasteiger partial charge in [0.15, 0.2) is 5.78 Å². The highest BCUT2D eigenvalue weighted by Crippen LogP contribution is 2.28. The fourth-order valence-electron chi connectivity index (χ4n) is 3.19. The largest absolute Gasteiger partial charge is 0.398 e. The van der Waals surface area contributed by atoms with E-state index < -0.39 is 5.92 Å². The normalized spacial score (nSPS) is 15.5. The van der Waals surface area contributed by atoms with Gasteiger partial charge in [0.1, 0.15) is 5.83 Å². The molecule has 0 saturated heterocycles. The minimum Gasteiger partial charge on any atom is -0.398 e. The molecule has 1 aliphatic rings. The van der Waals surface area contributed by atoms with Gasteiger partial charge in [0, 0.05) is 39.6 Å². The number of anilines is 3. The Morgan fingerprint density at radius 2 is 2.07 bits per heavy atom. The number of rotatable bonds is 5. The average molecular weight is 421 g/mol. The molecule has 0 bridgehead atoms. The van der Waals surface area contributed by atoms with E-state index in [4.69, 9.17) is 17.3 Å². The number of aromatic nitrogens is 2. The molecular weight excluding hydrogens is 403 g/mol. The van der Waals surface area contributed by atoms with E-state index in [1.807, 2.05) is 12.1 Å². The third-order valence-electron chi connectivity index (χ3n) is 4.74. The SMILES string of the molecule is Nc1ccc(-c2ccnc(Nc3cccc(Cl)c3)n2)cc1C(=O)C1C=CC(F)=CC1. The summed E-state index contributed by atoms with van der Waals surface area (Å²) in [5.41, 5.74) is 8.94.